The summed E-state index contributed by atoms with van der Waals surface area (Å²) in [6.07, 6.45) is 7.72. The fourth-order valence-electron chi connectivity index (χ4n) is 3.76. The molecule has 1 aliphatic carbocycles. The lowest BCUT2D eigenvalue weighted by atomic mass is 9.84. The third-order valence-electron chi connectivity index (χ3n) is 4.95. The van der Waals surface area contributed by atoms with E-state index >= 15 is 0 Å². The second-order valence-corrected chi connectivity index (χ2v) is 6.50. The summed E-state index contributed by atoms with van der Waals surface area (Å²) in [5.74, 6) is 0.980. The van der Waals surface area contributed by atoms with Crippen LogP contribution >= 0.6 is 0 Å². The Morgan fingerprint density at radius 1 is 1.10 bits per heavy atom. The molecule has 2 fully saturated rings. The molecule has 1 amide bonds. The van der Waals surface area contributed by atoms with Crippen LogP contribution in [0.3, 0.4) is 0 Å². The molecule has 1 aliphatic heterocycles. The van der Waals surface area contributed by atoms with Crippen molar-refractivity contribution in [2.45, 2.75) is 51.1 Å². The molecule has 3 rings (SSSR count). The Kier molecular flexibility index (Phi) is 4.91. The number of hydrogen-bond acceptors (Lipinski definition) is 2. The van der Waals surface area contributed by atoms with Gasteiger partial charge in [-0.05, 0) is 17.9 Å². The van der Waals surface area contributed by atoms with Gasteiger partial charge in [0.05, 0.1) is 6.04 Å². The van der Waals surface area contributed by atoms with Crippen LogP contribution in [0.25, 0.3) is 0 Å². The van der Waals surface area contributed by atoms with Crippen molar-refractivity contribution in [3.63, 3.8) is 0 Å². The zero-order chi connectivity index (χ0) is 14.5. The van der Waals surface area contributed by atoms with Gasteiger partial charge in [-0.3, -0.25) is 9.69 Å². The molecule has 21 heavy (non-hydrogen) atoms. The van der Waals surface area contributed by atoms with Gasteiger partial charge < -0.3 is 5.32 Å². The molecule has 1 N–H and O–H groups in total. The zero-order valence-electron chi connectivity index (χ0n) is 12.8. The lowest BCUT2D eigenvalue weighted by Crippen LogP contribution is -2.55. The highest BCUT2D eigenvalue weighted by Gasteiger charge is 2.32. The standard InChI is InChI=1S/C18H26N2O/c21-18-17(13-15-7-3-1-4-8-15)20(12-11-19-18)14-16-9-5-2-6-10-16/h2,5-6,9-10,15,17H,1,3-4,7-8,11-14H2,(H,19,21). The van der Waals surface area contributed by atoms with Gasteiger partial charge in [0.1, 0.15) is 0 Å². The largest absolute Gasteiger partial charge is 0.353 e. The molecule has 2 aliphatic rings. The van der Waals surface area contributed by atoms with E-state index in [1.165, 1.54) is 37.7 Å². The Labute approximate surface area is 127 Å². The second kappa shape index (κ2) is 7.08. The number of carbonyl (C=O) groups is 1. The lowest BCUT2D eigenvalue weighted by molar-refractivity contribution is -0.130. The number of nitrogens with one attached hydrogen (secondary N) is 1. The molecule has 114 valence electrons. The topological polar surface area (TPSA) is 32.3 Å². The molecule has 3 nitrogen and oxygen atoms in total. The van der Waals surface area contributed by atoms with Crippen LogP contribution in [-0.4, -0.2) is 29.9 Å². The summed E-state index contributed by atoms with van der Waals surface area (Å²) in [6, 6.07) is 10.6. The molecule has 1 aromatic carbocycles. The molecule has 3 heteroatoms. The molecular formula is C18H26N2O. The van der Waals surface area contributed by atoms with Gasteiger partial charge in [0.15, 0.2) is 0 Å². The van der Waals surface area contributed by atoms with Crippen molar-refractivity contribution < 1.29 is 4.79 Å². The smallest absolute Gasteiger partial charge is 0.237 e. The van der Waals surface area contributed by atoms with Gasteiger partial charge in [0.2, 0.25) is 5.91 Å². The van der Waals surface area contributed by atoms with Crippen molar-refractivity contribution in [3.8, 4) is 0 Å². The van der Waals surface area contributed by atoms with Gasteiger partial charge in [-0.15, -0.1) is 0 Å². The molecule has 1 heterocycles. The van der Waals surface area contributed by atoms with E-state index in [-0.39, 0.29) is 11.9 Å². The Morgan fingerprint density at radius 2 is 1.86 bits per heavy atom. The monoisotopic (exact) mass is 286 g/mol. The molecular weight excluding hydrogens is 260 g/mol. The predicted octanol–water partition coefficient (Wildman–Crippen LogP) is 2.96. The van der Waals surface area contributed by atoms with Gasteiger partial charge >= 0.3 is 0 Å². The van der Waals surface area contributed by atoms with Gasteiger partial charge in [-0.1, -0.05) is 62.4 Å². The van der Waals surface area contributed by atoms with Crippen LogP contribution in [0.5, 0.6) is 0 Å². The predicted molar refractivity (Wildman–Crippen MR) is 84.8 cm³/mol. The molecule has 1 unspecified atom stereocenters. The van der Waals surface area contributed by atoms with Gasteiger partial charge in [-0.25, -0.2) is 0 Å². The van der Waals surface area contributed by atoms with E-state index in [1.807, 2.05) is 6.07 Å². The maximum absolute atomic E-state index is 12.3. The summed E-state index contributed by atoms with van der Waals surface area (Å²) in [4.78, 5) is 14.7. The zero-order valence-corrected chi connectivity index (χ0v) is 12.8. The van der Waals surface area contributed by atoms with Crippen molar-refractivity contribution in [3.05, 3.63) is 35.9 Å². The van der Waals surface area contributed by atoms with E-state index < -0.39 is 0 Å². The summed E-state index contributed by atoms with van der Waals surface area (Å²) < 4.78 is 0. The van der Waals surface area contributed by atoms with Crippen molar-refractivity contribution in [2.75, 3.05) is 13.1 Å². The van der Waals surface area contributed by atoms with Crippen LogP contribution in [0.15, 0.2) is 30.3 Å². The summed E-state index contributed by atoms with van der Waals surface area (Å²) in [6.45, 7) is 2.65. The Balaban J connectivity index is 1.65. The molecule has 1 saturated carbocycles. The number of rotatable bonds is 4. The quantitative estimate of drug-likeness (QED) is 0.923. The van der Waals surface area contributed by atoms with Crippen molar-refractivity contribution in [2.24, 2.45) is 5.92 Å². The number of piperazine rings is 1. The third kappa shape index (κ3) is 3.85. The first-order chi connectivity index (χ1) is 10.3. The number of amides is 1. The minimum atomic E-state index is 0.0713. The maximum Gasteiger partial charge on any atom is 0.237 e. The summed E-state index contributed by atoms with van der Waals surface area (Å²) in [5, 5.41) is 3.06. The molecule has 1 saturated heterocycles. The SMILES string of the molecule is O=C1NCCN(Cc2ccccc2)C1CC1CCCCC1. The summed E-state index contributed by atoms with van der Waals surface area (Å²) >= 11 is 0. The first-order valence-electron chi connectivity index (χ1n) is 8.38. The first-order valence-corrected chi connectivity index (χ1v) is 8.38. The average Bonchev–Trinajstić information content (AvgIpc) is 2.53. The molecule has 0 radical (unpaired) electrons. The molecule has 1 aromatic rings. The van der Waals surface area contributed by atoms with Gasteiger partial charge in [0.25, 0.3) is 0 Å². The number of carbonyl (C=O) groups excluding carboxylic acids is 1. The van der Waals surface area contributed by atoms with E-state index in [9.17, 15) is 4.79 Å². The highest BCUT2D eigenvalue weighted by molar-refractivity contribution is 5.82. The first kappa shape index (κ1) is 14.6. The summed E-state index contributed by atoms with van der Waals surface area (Å²) in [5.41, 5.74) is 1.31. The second-order valence-electron chi connectivity index (χ2n) is 6.50. The number of benzene rings is 1. The van der Waals surface area contributed by atoms with E-state index in [0.717, 1.165) is 32.0 Å². The minimum Gasteiger partial charge on any atom is -0.353 e. The molecule has 0 aromatic heterocycles. The van der Waals surface area contributed by atoms with Crippen LogP contribution in [-0.2, 0) is 11.3 Å². The van der Waals surface area contributed by atoms with Gasteiger partial charge in [-0.2, -0.15) is 0 Å². The average molecular weight is 286 g/mol. The molecule has 0 spiro atoms. The number of nitrogens with zero attached hydrogens (tertiary/aromatic N) is 1. The van der Waals surface area contributed by atoms with Crippen LogP contribution in [0, 0.1) is 5.92 Å². The fourth-order valence-corrected chi connectivity index (χ4v) is 3.76. The third-order valence-corrected chi connectivity index (χ3v) is 4.95. The Hall–Kier alpha value is -1.35. The van der Waals surface area contributed by atoms with Crippen LogP contribution in [0.2, 0.25) is 0 Å². The van der Waals surface area contributed by atoms with Crippen molar-refractivity contribution >= 4 is 5.91 Å². The van der Waals surface area contributed by atoms with E-state index in [4.69, 9.17) is 0 Å². The van der Waals surface area contributed by atoms with Crippen LogP contribution in [0.4, 0.5) is 0 Å². The Bertz CT molecular complexity index is 454. The van der Waals surface area contributed by atoms with Crippen molar-refractivity contribution in [1.82, 2.24) is 10.2 Å². The van der Waals surface area contributed by atoms with E-state index in [2.05, 4.69) is 34.5 Å². The van der Waals surface area contributed by atoms with E-state index in [1.54, 1.807) is 0 Å². The van der Waals surface area contributed by atoms with Gasteiger partial charge in [0, 0.05) is 19.6 Å². The van der Waals surface area contributed by atoms with Crippen LogP contribution < -0.4 is 5.32 Å². The number of hydrogen-bond donors (Lipinski definition) is 1. The minimum absolute atomic E-state index is 0.0713. The highest BCUT2D eigenvalue weighted by Crippen LogP contribution is 2.29. The molecule has 0 bridgehead atoms. The van der Waals surface area contributed by atoms with E-state index in [0.29, 0.717) is 0 Å². The highest BCUT2D eigenvalue weighted by atomic mass is 16.2. The van der Waals surface area contributed by atoms with Crippen molar-refractivity contribution in [1.29, 1.82) is 0 Å². The molecule has 1 atom stereocenters. The van der Waals surface area contributed by atoms with Crippen LogP contribution in [0.1, 0.15) is 44.1 Å². The maximum atomic E-state index is 12.3. The normalized spacial score (nSPS) is 24.8. The lowest BCUT2D eigenvalue weighted by Gasteiger charge is -2.37. The fraction of sp³-hybridized carbons (Fsp3) is 0.611. The Morgan fingerprint density at radius 3 is 2.62 bits per heavy atom. The summed E-state index contributed by atoms with van der Waals surface area (Å²) in [7, 11) is 0.